The van der Waals surface area contributed by atoms with Crippen LogP contribution in [0.25, 0.3) is 0 Å². The molecular weight excluding hydrogens is 658 g/mol. The second-order valence-electron chi connectivity index (χ2n) is 17.3. The lowest BCUT2D eigenvalue weighted by Crippen LogP contribution is -2.62. The molecule has 1 aliphatic heterocycles. The number of hydrogen-bond donors (Lipinski definition) is 4. The van der Waals surface area contributed by atoms with Crippen LogP contribution in [0, 0.1) is 35.0 Å². The molecule has 51 heavy (non-hydrogen) atoms. The van der Waals surface area contributed by atoms with Crippen LogP contribution in [0.4, 0.5) is 0 Å². The molecule has 0 aromatic rings. The molecule has 0 unspecified atom stereocenters. The summed E-state index contributed by atoms with van der Waals surface area (Å²) in [6.07, 6.45) is -0.326. The number of aliphatic hydroxyl groups excluding tert-OH is 2. The van der Waals surface area contributed by atoms with Crippen LogP contribution in [0.15, 0.2) is 12.2 Å². The quantitative estimate of drug-likeness (QED) is 0.182. The first-order valence-electron chi connectivity index (χ1n) is 18.3. The lowest BCUT2D eigenvalue weighted by Gasteiger charge is -2.57. The van der Waals surface area contributed by atoms with Crippen molar-refractivity contribution in [3.05, 3.63) is 12.2 Å². The first-order valence-corrected chi connectivity index (χ1v) is 18.3. The third-order valence-corrected chi connectivity index (χ3v) is 12.3. The largest absolute Gasteiger partial charge is 0.460 e. The molecule has 13 heteroatoms. The number of fused-ring (bicyclic) bond motifs is 1. The Hall–Kier alpha value is -2.58. The molecule has 6 N–H and O–H groups in total. The standard InChI is InChI=1S/C38H65N3O9.H2O/c1-20(2)24-14-16-36(9)25(18-24)37(10,48)17-15-27(36)50-35(47)31-38(11,49)26(42)19-41(31)33(45)29(22(5)6)39(12)32(44)28(21(3)4)40(13)34(46)30(43)23(7)8;/h21-31,42-43,48-49H,1,14-19H2,2-13H3;1H2/t24-,25-,26+,27-,28-,29-,30+,31+,36-,37-,38+;/m0./s1. The zero-order valence-electron chi connectivity index (χ0n) is 33.0. The normalized spacial score (nSPS) is 33.9. The number of hydrogen-bond acceptors (Lipinski definition) is 9. The maximum atomic E-state index is 14.5. The van der Waals surface area contributed by atoms with Crippen LogP contribution in [-0.2, 0) is 23.9 Å². The molecule has 3 fully saturated rings. The zero-order chi connectivity index (χ0) is 38.4. The van der Waals surface area contributed by atoms with E-state index < -0.39 is 82.7 Å². The molecular formula is C38H67N3O10. The lowest BCUT2D eigenvalue weighted by molar-refractivity contribution is -0.203. The Morgan fingerprint density at radius 3 is 1.88 bits per heavy atom. The Balaban J connectivity index is 0.00000901. The SMILES string of the molecule is C=C(C)[C@H]1CC[C@]2(C)[C@@H](OC(=O)[C@H]3N(C(=O)[C@H](C(C)C)N(C)C(=O)[C@H](C(C)C)N(C)C(=O)[C@H](O)C(C)C)C[C@@H](O)[C@@]3(C)O)CC[C@](C)(O)[C@H]2C1.O. The van der Waals surface area contributed by atoms with E-state index in [0.717, 1.165) is 16.9 Å². The van der Waals surface area contributed by atoms with E-state index in [0.29, 0.717) is 25.7 Å². The van der Waals surface area contributed by atoms with Gasteiger partial charge in [-0.15, -0.1) is 0 Å². The van der Waals surface area contributed by atoms with Gasteiger partial charge >= 0.3 is 5.97 Å². The van der Waals surface area contributed by atoms with E-state index in [1.807, 2.05) is 20.8 Å². The number of esters is 1. The highest BCUT2D eigenvalue weighted by Gasteiger charge is 2.60. The molecule has 11 atom stereocenters. The van der Waals surface area contributed by atoms with E-state index >= 15 is 0 Å². The highest BCUT2D eigenvalue weighted by atomic mass is 16.5. The highest BCUT2D eigenvalue weighted by Crippen LogP contribution is 2.57. The van der Waals surface area contributed by atoms with Gasteiger partial charge in [-0.3, -0.25) is 14.4 Å². The topological polar surface area (TPSA) is 200 Å². The Kier molecular flexibility index (Phi) is 14.2. The van der Waals surface area contributed by atoms with Gasteiger partial charge in [0.15, 0.2) is 6.04 Å². The summed E-state index contributed by atoms with van der Waals surface area (Å²) in [7, 11) is 2.92. The summed E-state index contributed by atoms with van der Waals surface area (Å²) in [6, 6.07) is -3.68. The fraction of sp³-hybridized carbons (Fsp3) is 0.842. The summed E-state index contributed by atoms with van der Waals surface area (Å²) in [5.41, 5.74) is -2.52. The summed E-state index contributed by atoms with van der Waals surface area (Å²) in [4.78, 5) is 59.5. The molecule has 3 amide bonds. The number of likely N-dealkylation sites (N-methyl/N-ethyl adjacent to an activating group) is 2. The molecule has 0 aromatic carbocycles. The minimum atomic E-state index is -2.05. The third-order valence-electron chi connectivity index (χ3n) is 12.3. The molecule has 3 aliphatic rings. The van der Waals surface area contributed by atoms with Crippen molar-refractivity contribution in [1.82, 2.24) is 14.7 Å². The second kappa shape index (κ2) is 16.2. The van der Waals surface area contributed by atoms with Crippen LogP contribution in [-0.4, -0.2) is 133 Å². The van der Waals surface area contributed by atoms with Crippen molar-refractivity contribution >= 4 is 23.7 Å². The lowest BCUT2D eigenvalue weighted by atomic mass is 9.52. The van der Waals surface area contributed by atoms with Gasteiger partial charge in [0.2, 0.25) is 11.8 Å². The summed E-state index contributed by atoms with van der Waals surface area (Å²) in [6.45, 7) is 21.4. The average Bonchev–Trinajstić information content (AvgIpc) is 3.25. The van der Waals surface area contributed by atoms with Gasteiger partial charge in [0, 0.05) is 19.5 Å². The predicted molar refractivity (Wildman–Crippen MR) is 193 cm³/mol. The van der Waals surface area contributed by atoms with Gasteiger partial charge in [0.1, 0.15) is 36.0 Å². The van der Waals surface area contributed by atoms with Gasteiger partial charge in [-0.1, -0.05) is 60.6 Å². The summed E-state index contributed by atoms with van der Waals surface area (Å²) >= 11 is 0. The van der Waals surface area contributed by atoms with Crippen LogP contribution >= 0.6 is 0 Å². The maximum absolute atomic E-state index is 14.5. The predicted octanol–water partition coefficient (Wildman–Crippen LogP) is 1.92. The molecule has 2 saturated carbocycles. The van der Waals surface area contributed by atoms with Crippen molar-refractivity contribution in [2.45, 2.75) is 149 Å². The smallest absolute Gasteiger partial charge is 0.332 e. The zero-order valence-corrected chi connectivity index (χ0v) is 33.0. The highest BCUT2D eigenvalue weighted by molar-refractivity contribution is 5.95. The van der Waals surface area contributed by atoms with Crippen LogP contribution in [0.1, 0.15) is 101 Å². The van der Waals surface area contributed by atoms with E-state index in [1.165, 1.54) is 30.8 Å². The molecule has 0 radical (unpaired) electrons. The molecule has 294 valence electrons. The Bertz CT molecular complexity index is 1300. The van der Waals surface area contributed by atoms with E-state index in [4.69, 9.17) is 4.74 Å². The molecule has 1 saturated heterocycles. The van der Waals surface area contributed by atoms with Crippen LogP contribution in [0.3, 0.4) is 0 Å². The number of carbonyl (C=O) groups excluding carboxylic acids is 4. The fourth-order valence-corrected chi connectivity index (χ4v) is 8.95. The summed E-state index contributed by atoms with van der Waals surface area (Å²) in [5, 5.41) is 44.5. The summed E-state index contributed by atoms with van der Waals surface area (Å²) in [5.74, 6) is -3.76. The first-order chi connectivity index (χ1) is 22.8. The third kappa shape index (κ3) is 8.48. The number of carbonyl (C=O) groups is 4. The Labute approximate surface area is 304 Å². The van der Waals surface area contributed by atoms with Gasteiger partial charge in [0.05, 0.1) is 12.1 Å². The number of aliphatic hydroxyl groups is 4. The Morgan fingerprint density at radius 2 is 1.39 bits per heavy atom. The molecule has 1 heterocycles. The number of likely N-dealkylation sites (tertiary alicyclic amines) is 1. The number of amides is 3. The van der Waals surface area contributed by atoms with E-state index in [1.54, 1.807) is 41.5 Å². The van der Waals surface area contributed by atoms with Crippen molar-refractivity contribution in [2.24, 2.45) is 35.0 Å². The number of β-amino-alcohol motifs (C(OH)–C–C–N with tert-alkyl or cyclic N) is 1. The molecule has 2 aliphatic carbocycles. The van der Waals surface area contributed by atoms with Gasteiger partial charge in [-0.05, 0) is 82.5 Å². The minimum Gasteiger partial charge on any atom is -0.460 e. The van der Waals surface area contributed by atoms with Crippen molar-refractivity contribution < 1.29 is 49.8 Å². The second-order valence-corrected chi connectivity index (χ2v) is 17.3. The van der Waals surface area contributed by atoms with Crippen molar-refractivity contribution in [3.63, 3.8) is 0 Å². The number of ether oxygens (including phenoxy) is 1. The fourth-order valence-electron chi connectivity index (χ4n) is 8.95. The maximum Gasteiger partial charge on any atom is 0.332 e. The van der Waals surface area contributed by atoms with Crippen molar-refractivity contribution in [3.8, 4) is 0 Å². The number of nitrogens with zero attached hydrogens (tertiary/aromatic N) is 3. The van der Waals surface area contributed by atoms with Gasteiger partial charge < -0.3 is 45.3 Å². The number of rotatable bonds is 11. The molecule has 3 rings (SSSR count). The van der Waals surface area contributed by atoms with E-state index in [2.05, 4.69) is 6.58 Å². The van der Waals surface area contributed by atoms with Crippen LogP contribution in [0.5, 0.6) is 0 Å². The van der Waals surface area contributed by atoms with Crippen LogP contribution in [0.2, 0.25) is 0 Å². The average molecular weight is 726 g/mol. The molecule has 0 aromatic heterocycles. The Morgan fingerprint density at radius 1 is 0.863 bits per heavy atom. The van der Waals surface area contributed by atoms with E-state index in [-0.39, 0.29) is 35.7 Å². The molecule has 0 bridgehead atoms. The molecule has 13 nitrogen and oxygen atoms in total. The molecule has 0 spiro atoms. The minimum absolute atomic E-state index is 0. The van der Waals surface area contributed by atoms with Gasteiger partial charge in [0.25, 0.3) is 5.91 Å². The van der Waals surface area contributed by atoms with E-state index in [9.17, 15) is 39.6 Å². The monoisotopic (exact) mass is 725 g/mol. The van der Waals surface area contributed by atoms with Crippen molar-refractivity contribution in [2.75, 3.05) is 20.6 Å². The summed E-state index contributed by atoms with van der Waals surface area (Å²) < 4.78 is 6.23. The van der Waals surface area contributed by atoms with Gasteiger partial charge in [-0.2, -0.15) is 0 Å². The van der Waals surface area contributed by atoms with Crippen molar-refractivity contribution in [1.29, 1.82) is 0 Å². The first kappa shape index (κ1) is 44.6. The number of allylic oxidation sites excluding steroid dienone is 1. The van der Waals surface area contributed by atoms with Crippen LogP contribution < -0.4 is 0 Å². The van der Waals surface area contributed by atoms with Gasteiger partial charge in [-0.25, -0.2) is 4.79 Å².